The second-order valence-electron chi connectivity index (χ2n) is 5.10. The molecule has 0 spiro atoms. The zero-order chi connectivity index (χ0) is 14.8. The average molecular weight is 352 g/mol. The molecule has 1 saturated carbocycles. The predicted octanol–water partition coefficient (Wildman–Crippen LogP) is 3.73. The van der Waals surface area contributed by atoms with Crippen LogP contribution in [0.25, 0.3) is 0 Å². The van der Waals surface area contributed by atoms with E-state index in [0.29, 0.717) is 10.5 Å². The topological polar surface area (TPSA) is 47.0 Å². The predicted molar refractivity (Wildman–Crippen MR) is 80.8 cm³/mol. The van der Waals surface area contributed by atoms with E-state index in [0.717, 1.165) is 17.8 Å². The summed E-state index contributed by atoms with van der Waals surface area (Å²) in [6, 6.07) is 5.39. The van der Waals surface area contributed by atoms with Gasteiger partial charge in [-0.15, -0.1) is 0 Å². The summed E-state index contributed by atoms with van der Waals surface area (Å²) in [5.74, 6) is -0.341. The van der Waals surface area contributed by atoms with Crippen molar-refractivity contribution >= 4 is 15.9 Å². The Morgan fingerprint density at radius 2 is 2.24 bits per heavy atom. The molecular formula is C15H15BrFN3O. The smallest absolute Gasteiger partial charge is 0.322 e. The third kappa shape index (κ3) is 3.77. The van der Waals surface area contributed by atoms with E-state index in [1.165, 1.54) is 18.9 Å². The average Bonchev–Trinajstić information content (AvgIpc) is 3.25. The zero-order valence-electron chi connectivity index (χ0n) is 11.6. The Morgan fingerprint density at radius 1 is 1.43 bits per heavy atom. The molecule has 0 radical (unpaired) electrons. The molecule has 6 heteroatoms. The molecule has 0 atom stereocenters. The first-order chi connectivity index (χ1) is 10.1. The number of aromatic nitrogens is 2. The number of aryl methyl sites for hydroxylation is 1. The monoisotopic (exact) mass is 351 g/mol. The second-order valence-corrected chi connectivity index (χ2v) is 6.01. The highest BCUT2D eigenvalue weighted by Gasteiger charge is 2.20. The molecule has 21 heavy (non-hydrogen) atoms. The number of hydrogen-bond donors (Lipinski definition) is 1. The number of hydrogen-bond acceptors (Lipinski definition) is 4. The van der Waals surface area contributed by atoms with Gasteiger partial charge in [0.05, 0.1) is 0 Å². The Labute approximate surface area is 130 Å². The number of ether oxygens (including phenoxy) is 1. The molecule has 1 aromatic heterocycles. The lowest BCUT2D eigenvalue weighted by atomic mass is 10.2. The fourth-order valence-electron chi connectivity index (χ4n) is 1.89. The molecule has 1 heterocycles. The summed E-state index contributed by atoms with van der Waals surface area (Å²) in [4.78, 5) is 8.42. The van der Waals surface area contributed by atoms with Crippen molar-refractivity contribution in [3.05, 3.63) is 45.9 Å². The van der Waals surface area contributed by atoms with Gasteiger partial charge in [-0.05, 0) is 38.0 Å². The molecular weight excluding hydrogens is 337 g/mol. The van der Waals surface area contributed by atoms with Crippen LogP contribution >= 0.6 is 15.9 Å². The number of nitrogens with zero attached hydrogens (tertiary/aromatic N) is 2. The van der Waals surface area contributed by atoms with Gasteiger partial charge >= 0.3 is 6.01 Å². The zero-order valence-corrected chi connectivity index (χ0v) is 13.2. The van der Waals surface area contributed by atoms with Crippen LogP contribution in [0.2, 0.25) is 0 Å². The van der Waals surface area contributed by atoms with E-state index in [4.69, 9.17) is 4.74 Å². The van der Waals surface area contributed by atoms with E-state index in [9.17, 15) is 4.39 Å². The summed E-state index contributed by atoms with van der Waals surface area (Å²) in [6.07, 6.45) is 4.21. The summed E-state index contributed by atoms with van der Waals surface area (Å²) in [5, 5.41) is 3.41. The van der Waals surface area contributed by atoms with Crippen molar-refractivity contribution in [2.75, 3.05) is 0 Å². The molecule has 3 rings (SSSR count). The van der Waals surface area contributed by atoms with Crippen LogP contribution in [0.1, 0.15) is 24.1 Å². The summed E-state index contributed by atoms with van der Waals surface area (Å²) in [7, 11) is 0. The maximum atomic E-state index is 13.7. The number of nitrogens with one attached hydrogen (secondary N) is 1. The van der Waals surface area contributed by atoms with Crippen molar-refractivity contribution < 1.29 is 9.13 Å². The molecule has 110 valence electrons. The maximum Gasteiger partial charge on any atom is 0.322 e. The van der Waals surface area contributed by atoms with E-state index in [1.54, 1.807) is 18.3 Å². The Hall–Kier alpha value is -1.53. The van der Waals surface area contributed by atoms with Crippen LogP contribution in [-0.4, -0.2) is 16.0 Å². The lowest BCUT2D eigenvalue weighted by molar-refractivity contribution is 0.409. The number of benzene rings is 1. The van der Waals surface area contributed by atoms with Crippen LogP contribution in [0.4, 0.5) is 4.39 Å². The lowest BCUT2D eigenvalue weighted by Crippen LogP contribution is -2.16. The Morgan fingerprint density at radius 3 is 2.90 bits per heavy atom. The molecule has 0 aliphatic heterocycles. The minimum atomic E-state index is -0.454. The van der Waals surface area contributed by atoms with Crippen LogP contribution in [0.5, 0.6) is 11.8 Å². The minimum absolute atomic E-state index is 0.112. The highest BCUT2D eigenvalue weighted by molar-refractivity contribution is 9.10. The molecule has 1 aliphatic carbocycles. The van der Waals surface area contributed by atoms with Gasteiger partial charge in [0.15, 0.2) is 11.6 Å². The molecule has 1 fully saturated rings. The Kier molecular flexibility index (Phi) is 4.17. The molecule has 4 nitrogen and oxygen atoms in total. The van der Waals surface area contributed by atoms with Crippen molar-refractivity contribution in [3.8, 4) is 11.8 Å². The summed E-state index contributed by atoms with van der Waals surface area (Å²) in [6.45, 7) is 2.65. The van der Waals surface area contributed by atoms with E-state index >= 15 is 0 Å². The van der Waals surface area contributed by atoms with Gasteiger partial charge in [-0.3, -0.25) is 0 Å². The fraction of sp³-hybridized carbons (Fsp3) is 0.333. The maximum absolute atomic E-state index is 13.7. The van der Waals surface area contributed by atoms with Crippen LogP contribution < -0.4 is 10.1 Å². The highest BCUT2D eigenvalue weighted by atomic mass is 79.9. The van der Waals surface area contributed by atoms with Gasteiger partial charge in [-0.1, -0.05) is 15.9 Å². The summed E-state index contributed by atoms with van der Waals surface area (Å²) in [5.41, 5.74) is 1.87. The van der Waals surface area contributed by atoms with Crippen molar-refractivity contribution in [1.82, 2.24) is 15.3 Å². The molecule has 0 saturated heterocycles. The van der Waals surface area contributed by atoms with Crippen molar-refractivity contribution in [1.29, 1.82) is 0 Å². The van der Waals surface area contributed by atoms with Gasteiger partial charge in [0.2, 0.25) is 0 Å². The Bertz CT molecular complexity index is 661. The normalized spacial score (nSPS) is 14.2. The van der Waals surface area contributed by atoms with Gasteiger partial charge < -0.3 is 10.1 Å². The Balaban J connectivity index is 1.71. The van der Waals surface area contributed by atoms with Crippen LogP contribution in [-0.2, 0) is 6.54 Å². The SMILES string of the molecule is Cc1nc(Oc2ccc(Br)cc2F)ncc1CNC1CC1. The van der Waals surface area contributed by atoms with Crippen LogP contribution in [0, 0.1) is 12.7 Å². The second kappa shape index (κ2) is 6.07. The molecule has 1 N–H and O–H groups in total. The molecule has 0 bridgehead atoms. The molecule has 2 aromatic rings. The fourth-order valence-corrected chi connectivity index (χ4v) is 2.22. The quantitative estimate of drug-likeness (QED) is 0.891. The van der Waals surface area contributed by atoms with E-state index in [2.05, 4.69) is 31.2 Å². The van der Waals surface area contributed by atoms with Crippen molar-refractivity contribution in [2.24, 2.45) is 0 Å². The first kappa shape index (κ1) is 14.4. The lowest BCUT2D eigenvalue weighted by Gasteiger charge is -2.09. The number of rotatable bonds is 5. The van der Waals surface area contributed by atoms with Gasteiger partial charge in [0.25, 0.3) is 0 Å². The minimum Gasteiger partial charge on any atom is -0.421 e. The van der Waals surface area contributed by atoms with E-state index in [1.807, 2.05) is 6.92 Å². The van der Waals surface area contributed by atoms with Gasteiger partial charge in [-0.25, -0.2) is 9.37 Å². The molecule has 0 amide bonds. The van der Waals surface area contributed by atoms with Crippen molar-refractivity contribution in [2.45, 2.75) is 32.4 Å². The third-order valence-electron chi connectivity index (χ3n) is 3.31. The standard InChI is InChI=1S/C15H15BrFN3O/c1-9-10(7-18-12-3-4-12)8-19-15(20-9)21-14-5-2-11(16)6-13(14)17/h2,5-6,8,12,18H,3-4,7H2,1H3. The highest BCUT2D eigenvalue weighted by Crippen LogP contribution is 2.25. The van der Waals surface area contributed by atoms with E-state index < -0.39 is 5.82 Å². The summed E-state index contributed by atoms with van der Waals surface area (Å²) >= 11 is 3.20. The van der Waals surface area contributed by atoms with Gasteiger partial charge in [0.1, 0.15) is 0 Å². The van der Waals surface area contributed by atoms with Gasteiger partial charge in [0, 0.05) is 34.5 Å². The first-order valence-corrected chi connectivity index (χ1v) is 7.60. The third-order valence-corrected chi connectivity index (χ3v) is 3.81. The molecule has 1 aromatic carbocycles. The van der Waals surface area contributed by atoms with E-state index in [-0.39, 0.29) is 11.8 Å². The molecule has 1 aliphatic rings. The first-order valence-electron chi connectivity index (χ1n) is 6.80. The van der Waals surface area contributed by atoms with Gasteiger partial charge in [-0.2, -0.15) is 4.98 Å². The molecule has 0 unspecified atom stereocenters. The number of halogens is 2. The van der Waals surface area contributed by atoms with Crippen LogP contribution in [0.15, 0.2) is 28.9 Å². The van der Waals surface area contributed by atoms with Crippen molar-refractivity contribution in [3.63, 3.8) is 0 Å². The largest absolute Gasteiger partial charge is 0.421 e. The van der Waals surface area contributed by atoms with Crippen LogP contribution in [0.3, 0.4) is 0 Å². The summed E-state index contributed by atoms with van der Waals surface area (Å²) < 4.78 is 19.8.